The summed E-state index contributed by atoms with van der Waals surface area (Å²) in [5.41, 5.74) is 2.11. The molecule has 0 spiro atoms. The average Bonchev–Trinajstić information content (AvgIpc) is 3.05. The third-order valence-electron chi connectivity index (χ3n) is 5.24. The Hall–Kier alpha value is -2.05. The lowest BCUT2D eigenvalue weighted by molar-refractivity contribution is 0.00989. The first-order valence-corrected chi connectivity index (χ1v) is 10.3. The maximum absolute atomic E-state index is 6.01. The summed E-state index contributed by atoms with van der Waals surface area (Å²) < 4.78 is 17.1. The molecule has 28 heavy (non-hydrogen) atoms. The van der Waals surface area contributed by atoms with Gasteiger partial charge in [0.2, 0.25) is 0 Å². The van der Waals surface area contributed by atoms with Crippen LogP contribution in [0.25, 0.3) is 11.0 Å². The van der Waals surface area contributed by atoms with Gasteiger partial charge in [-0.25, -0.2) is 4.99 Å². The number of guanidine groups is 1. The van der Waals surface area contributed by atoms with Crippen LogP contribution in [-0.2, 0) is 16.0 Å². The van der Waals surface area contributed by atoms with Gasteiger partial charge in [-0.2, -0.15) is 0 Å². The normalized spacial score (nSPS) is 16.1. The molecule has 1 N–H and O–H groups in total. The van der Waals surface area contributed by atoms with Crippen molar-refractivity contribution < 1.29 is 13.9 Å². The molecule has 0 atom stereocenters. The van der Waals surface area contributed by atoms with E-state index in [-0.39, 0.29) is 0 Å². The molecule has 1 aliphatic rings. The topological polar surface area (TPSA) is 59.2 Å². The highest BCUT2D eigenvalue weighted by Crippen LogP contribution is 2.25. The Balaban J connectivity index is 1.58. The largest absolute Gasteiger partial charge is 0.459 e. The fraction of sp³-hybridized carbons (Fsp3) is 0.591. The molecule has 0 aliphatic carbocycles. The Bertz CT molecular complexity index is 763. The van der Waals surface area contributed by atoms with Crippen molar-refractivity contribution in [2.45, 2.75) is 45.8 Å². The molecule has 154 valence electrons. The number of hydrogen-bond donors (Lipinski definition) is 1. The number of rotatable bonds is 8. The monoisotopic (exact) mass is 387 g/mol. The van der Waals surface area contributed by atoms with Crippen molar-refractivity contribution in [3.63, 3.8) is 0 Å². The zero-order chi connectivity index (χ0) is 19.8. The highest BCUT2D eigenvalue weighted by atomic mass is 16.5. The summed E-state index contributed by atoms with van der Waals surface area (Å²) >= 11 is 0. The number of aryl methyl sites for hydroxylation is 1. The van der Waals surface area contributed by atoms with Gasteiger partial charge in [-0.05, 0) is 39.2 Å². The predicted molar refractivity (Wildman–Crippen MR) is 113 cm³/mol. The van der Waals surface area contributed by atoms with Crippen LogP contribution in [-0.4, -0.2) is 56.9 Å². The van der Waals surface area contributed by atoms with Gasteiger partial charge < -0.3 is 24.1 Å². The molecule has 2 aromatic rings. The molecule has 1 aromatic heterocycles. The van der Waals surface area contributed by atoms with Crippen LogP contribution in [0.2, 0.25) is 0 Å². The number of para-hydroxylation sites is 1. The molecular formula is C22H33N3O3. The van der Waals surface area contributed by atoms with E-state index in [1.54, 1.807) is 7.11 Å². The lowest BCUT2D eigenvalue weighted by atomic mass is 10.1. The molecule has 1 aromatic carbocycles. The summed E-state index contributed by atoms with van der Waals surface area (Å²) in [5.74, 6) is 1.90. The van der Waals surface area contributed by atoms with Gasteiger partial charge in [0.05, 0.1) is 6.10 Å². The van der Waals surface area contributed by atoms with Crippen LogP contribution in [0.5, 0.6) is 0 Å². The van der Waals surface area contributed by atoms with Gasteiger partial charge in [-0.3, -0.25) is 0 Å². The second-order valence-corrected chi connectivity index (χ2v) is 7.22. The summed E-state index contributed by atoms with van der Waals surface area (Å²) in [4.78, 5) is 7.19. The van der Waals surface area contributed by atoms with Crippen molar-refractivity contribution >= 4 is 16.9 Å². The van der Waals surface area contributed by atoms with Crippen LogP contribution in [0.4, 0.5) is 0 Å². The van der Waals surface area contributed by atoms with Gasteiger partial charge in [0.1, 0.15) is 17.9 Å². The van der Waals surface area contributed by atoms with E-state index in [1.807, 2.05) is 18.2 Å². The number of hydrogen-bond acceptors (Lipinski definition) is 4. The molecule has 0 saturated carbocycles. The lowest BCUT2D eigenvalue weighted by Gasteiger charge is -2.34. The summed E-state index contributed by atoms with van der Waals surface area (Å²) in [6, 6.07) is 8.16. The fourth-order valence-corrected chi connectivity index (χ4v) is 3.64. The average molecular weight is 388 g/mol. The van der Waals surface area contributed by atoms with E-state index in [0.717, 1.165) is 69.4 Å². The third-order valence-corrected chi connectivity index (χ3v) is 5.24. The van der Waals surface area contributed by atoms with E-state index >= 15 is 0 Å². The van der Waals surface area contributed by atoms with E-state index in [0.29, 0.717) is 12.6 Å². The van der Waals surface area contributed by atoms with Gasteiger partial charge in [0.15, 0.2) is 5.96 Å². The summed E-state index contributed by atoms with van der Waals surface area (Å²) in [6.45, 7) is 9.07. The lowest BCUT2D eigenvalue weighted by Crippen LogP contribution is -2.47. The fourth-order valence-electron chi connectivity index (χ4n) is 3.64. The van der Waals surface area contributed by atoms with Crippen molar-refractivity contribution in [1.29, 1.82) is 0 Å². The van der Waals surface area contributed by atoms with Crippen LogP contribution < -0.4 is 5.32 Å². The molecule has 0 unspecified atom stereocenters. The van der Waals surface area contributed by atoms with Crippen molar-refractivity contribution in [1.82, 2.24) is 10.2 Å². The number of methoxy groups -OCH3 is 1. The number of ether oxygens (including phenoxy) is 2. The van der Waals surface area contributed by atoms with E-state index in [1.165, 1.54) is 10.9 Å². The number of furan rings is 1. The second-order valence-electron chi connectivity index (χ2n) is 7.22. The highest BCUT2D eigenvalue weighted by molar-refractivity contribution is 5.82. The molecule has 2 heterocycles. The first-order valence-electron chi connectivity index (χ1n) is 10.3. The Morgan fingerprint density at radius 1 is 1.25 bits per heavy atom. The number of aliphatic imine (C=N–C) groups is 1. The number of piperidine rings is 1. The molecule has 1 aliphatic heterocycles. The van der Waals surface area contributed by atoms with E-state index in [9.17, 15) is 0 Å². The summed E-state index contributed by atoms with van der Waals surface area (Å²) in [6.07, 6.45) is 3.35. The Labute approximate surface area is 167 Å². The molecule has 3 rings (SSSR count). The zero-order valence-electron chi connectivity index (χ0n) is 17.4. The van der Waals surface area contributed by atoms with Gasteiger partial charge in [-0.1, -0.05) is 18.2 Å². The van der Waals surface area contributed by atoms with Crippen molar-refractivity contribution in [2.24, 2.45) is 4.99 Å². The first kappa shape index (κ1) is 20.7. The summed E-state index contributed by atoms with van der Waals surface area (Å²) in [5, 5.41) is 4.60. The highest BCUT2D eigenvalue weighted by Gasteiger charge is 2.22. The van der Waals surface area contributed by atoms with Gasteiger partial charge in [-0.15, -0.1) is 0 Å². The minimum absolute atomic E-state index is 0.341. The number of benzene rings is 1. The molecule has 6 heteroatoms. The number of nitrogens with one attached hydrogen (secondary N) is 1. The number of nitrogens with zero attached hydrogens (tertiary/aromatic N) is 2. The Kier molecular flexibility index (Phi) is 7.74. The quantitative estimate of drug-likeness (QED) is 0.425. The standard InChI is InChI=1S/C22H33N3O3/c1-4-23-22(25-12-10-18(11-13-25)27-15-7-14-26-3)24-16-21-17(2)19-8-5-6-9-20(19)28-21/h5-6,8-9,18H,4,7,10-16H2,1-3H3,(H,23,24). The van der Waals surface area contributed by atoms with E-state index < -0.39 is 0 Å². The molecule has 0 radical (unpaired) electrons. The molecule has 0 bridgehead atoms. The Morgan fingerprint density at radius 3 is 2.75 bits per heavy atom. The van der Waals surface area contributed by atoms with Crippen LogP contribution in [0.1, 0.15) is 37.5 Å². The van der Waals surface area contributed by atoms with Gasteiger partial charge >= 0.3 is 0 Å². The zero-order valence-corrected chi connectivity index (χ0v) is 17.4. The van der Waals surface area contributed by atoms with Crippen molar-refractivity contribution in [3.8, 4) is 0 Å². The first-order chi connectivity index (χ1) is 13.7. The van der Waals surface area contributed by atoms with Crippen molar-refractivity contribution in [2.75, 3.05) is 40.0 Å². The molecular weight excluding hydrogens is 354 g/mol. The third kappa shape index (κ3) is 5.26. The number of likely N-dealkylation sites (tertiary alicyclic amines) is 1. The minimum Gasteiger partial charge on any atom is -0.459 e. The Morgan fingerprint density at radius 2 is 2.04 bits per heavy atom. The molecule has 0 amide bonds. The molecule has 1 saturated heterocycles. The van der Waals surface area contributed by atoms with Crippen LogP contribution in [0.3, 0.4) is 0 Å². The SMILES string of the molecule is CCNC(=NCc1oc2ccccc2c1C)N1CCC(OCCCOC)CC1. The maximum atomic E-state index is 6.01. The minimum atomic E-state index is 0.341. The van der Waals surface area contributed by atoms with Gasteiger partial charge in [0, 0.05) is 50.9 Å². The second kappa shape index (κ2) is 10.5. The maximum Gasteiger partial charge on any atom is 0.194 e. The smallest absolute Gasteiger partial charge is 0.194 e. The summed E-state index contributed by atoms with van der Waals surface area (Å²) in [7, 11) is 1.73. The molecule has 1 fully saturated rings. The van der Waals surface area contributed by atoms with E-state index in [2.05, 4.69) is 30.1 Å². The number of fused-ring (bicyclic) bond motifs is 1. The predicted octanol–water partition coefficient (Wildman–Crippen LogP) is 3.72. The van der Waals surface area contributed by atoms with Crippen LogP contribution in [0.15, 0.2) is 33.7 Å². The molecule has 6 nitrogen and oxygen atoms in total. The van der Waals surface area contributed by atoms with Crippen molar-refractivity contribution in [3.05, 3.63) is 35.6 Å². The van der Waals surface area contributed by atoms with Gasteiger partial charge in [0.25, 0.3) is 0 Å². The van der Waals surface area contributed by atoms with Crippen LogP contribution in [0, 0.1) is 6.92 Å². The van der Waals surface area contributed by atoms with E-state index in [4.69, 9.17) is 18.9 Å². The van der Waals surface area contributed by atoms with Crippen LogP contribution >= 0.6 is 0 Å².